The van der Waals surface area contributed by atoms with Gasteiger partial charge in [0.15, 0.2) is 0 Å². The first-order valence-corrected chi connectivity index (χ1v) is 6.18. The van der Waals surface area contributed by atoms with Crippen LogP contribution in [0.1, 0.15) is 13.8 Å². The molecule has 1 aromatic rings. The van der Waals surface area contributed by atoms with Gasteiger partial charge in [0.25, 0.3) is 0 Å². The molecule has 2 unspecified atom stereocenters. The van der Waals surface area contributed by atoms with E-state index >= 15 is 0 Å². The van der Waals surface area contributed by atoms with Crippen LogP contribution in [0.3, 0.4) is 0 Å². The third-order valence-electron chi connectivity index (χ3n) is 3.29. The quantitative estimate of drug-likeness (QED) is 0.851. The Kier molecular flexibility index (Phi) is 3.93. The molecule has 0 spiro atoms. The number of hydrazine groups is 1. The van der Waals surface area contributed by atoms with Crippen molar-refractivity contribution in [1.29, 1.82) is 0 Å². The van der Waals surface area contributed by atoms with Gasteiger partial charge in [0.05, 0.1) is 5.92 Å². The number of rotatable bonds is 3. The first-order valence-electron chi connectivity index (χ1n) is 6.18. The zero-order valence-electron chi connectivity index (χ0n) is 10.6. The summed E-state index contributed by atoms with van der Waals surface area (Å²) in [5.41, 5.74) is 6.76. The van der Waals surface area contributed by atoms with Crippen LogP contribution < -0.4 is 15.8 Å². The third kappa shape index (κ3) is 2.52. The average Bonchev–Trinajstić information content (AvgIpc) is 2.78. The summed E-state index contributed by atoms with van der Waals surface area (Å²) >= 11 is 0. The maximum Gasteiger partial charge on any atom is 0.233 e. The Hall–Kier alpha value is -1.46. The summed E-state index contributed by atoms with van der Waals surface area (Å²) in [5, 5.41) is 0. The van der Waals surface area contributed by atoms with Gasteiger partial charge in [0.1, 0.15) is 5.82 Å². The third-order valence-corrected chi connectivity index (χ3v) is 3.29. The van der Waals surface area contributed by atoms with Gasteiger partial charge in [-0.1, -0.05) is 0 Å². The molecule has 2 atom stereocenters. The second-order valence-electron chi connectivity index (χ2n) is 4.48. The van der Waals surface area contributed by atoms with Crippen molar-refractivity contribution in [2.24, 2.45) is 5.92 Å². The number of carbonyl (C=O) groups is 1. The van der Waals surface area contributed by atoms with Gasteiger partial charge in [0, 0.05) is 24.8 Å². The van der Waals surface area contributed by atoms with Crippen molar-refractivity contribution in [1.82, 2.24) is 10.9 Å². The standard InChI is InChI=1S/C13H18FN3O/c1-3-17(11-6-4-10(14)5-7-11)13(18)12-8-15-16-9(12)2/h4-7,9,12,15-16H,3,8H2,1-2H3. The molecule has 2 rings (SSSR count). The Morgan fingerprint density at radius 1 is 1.44 bits per heavy atom. The monoisotopic (exact) mass is 251 g/mol. The number of hydrogen-bond donors (Lipinski definition) is 2. The maximum atomic E-state index is 12.9. The van der Waals surface area contributed by atoms with E-state index in [2.05, 4.69) is 10.9 Å². The molecule has 1 heterocycles. The van der Waals surface area contributed by atoms with Gasteiger partial charge in [0.2, 0.25) is 5.91 Å². The molecule has 0 radical (unpaired) electrons. The Bertz CT molecular complexity index is 421. The van der Waals surface area contributed by atoms with Crippen LogP contribution in [0.5, 0.6) is 0 Å². The summed E-state index contributed by atoms with van der Waals surface area (Å²) in [7, 11) is 0. The number of hydrogen-bond acceptors (Lipinski definition) is 3. The lowest BCUT2D eigenvalue weighted by Crippen LogP contribution is -2.41. The zero-order valence-corrected chi connectivity index (χ0v) is 10.6. The molecule has 0 aromatic heterocycles. The van der Waals surface area contributed by atoms with Crippen molar-refractivity contribution in [2.75, 3.05) is 18.0 Å². The fourth-order valence-corrected chi connectivity index (χ4v) is 2.20. The lowest BCUT2D eigenvalue weighted by molar-refractivity contribution is -0.122. The SMILES string of the molecule is CCN(C(=O)C1CNNC1C)c1ccc(F)cc1. The molecule has 1 aliphatic rings. The lowest BCUT2D eigenvalue weighted by atomic mass is 10.0. The summed E-state index contributed by atoms with van der Waals surface area (Å²) in [6.45, 7) is 5.09. The van der Waals surface area contributed by atoms with Crippen molar-refractivity contribution in [3.63, 3.8) is 0 Å². The predicted octanol–water partition coefficient (Wildman–Crippen LogP) is 1.29. The van der Waals surface area contributed by atoms with Crippen LogP contribution in [0.4, 0.5) is 10.1 Å². The highest BCUT2D eigenvalue weighted by molar-refractivity contribution is 5.95. The van der Waals surface area contributed by atoms with Crippen LogP contribution in [0.2, 0.25) is 0 Å². The molecule has 1 amide bonds. The molecular formula is C13H18FN3O. The van der Waals surface area contributed by atoms with Crippen LogP contribution in [0.25, 0.3) is 0 Å². The van der Waals surface area contributed by atoms with Crippen LogP contribution in [-0.2, 0) is 4.79 Å². The predicted molar refractivity (Wildman–Crippen MR) is 68.5 cm³/mol. The zero-order chi connectivity index (χ0) is 13.1. The summed E-state index contributed by atoms with van der Waals surface area (Å²) in [4.78, 5) is 14.1. The Morgan fingerprint density at radius 3 is 2.61 bits per heavy atom. The number of amides is 1. The van der Waals surface area contributed by atoms with E-state index in [9.17, 15) is 9.18 Å². The highest BCUT2D eigenvalue weighted by atomic mass is 19.1. The van der Waals surface area contributed by atoms with Crippen LogP contribution in [0, 0.1) is 11.7 Å². The molecule has 1 aliphatic heterocycles. The molecule has 4 nitrogen and oxygen atoms in total. The van der Waals surface area contributed by atoms with Gasteiger partial charge >= 0.3 is 0 Å². The summed E-state index contributed by atoms with van der Waals surface area (Å²) in [6, 6.07) is 6.13. The molecule has 0 aliphatic carbocycles. The molecular weight excluding hydrogens is 233 g/mol. The first kappa shape index (κ1) is 13.0. The molecule has 1 aromatic carbocycles. The van der Waals surface area contributed by atoms with Crippen molar-refractivity contribution < 1.29 is 9.18 Å². The van der Waals surface area contributed by atoms with Crippen LogP contribution in [-0.4, -0.2) is 25.0 Å². The lowest BCUT2D eigenvalue weighted by Gasteiger charge is -2.25. The number of benzene rings is 1. The fraction of sp³-hybridized carbons (Fsp3) is 0.462. The summed E-state index contributed by atoms with van der Waals surface area (Å²) < 4.78 is 12.9. The fourth-order valence-electron chi connectivity index (χ4n) is 2.20. The number of nitrogens with one attached hydrogen (secondary N) is 2. The molecule has 0 saturated carbocycles. The van der Waals surface area contributed by atoms with Crippen molar-refractivity contribution in [2.45, 2.75) is 19.9 Å². The van der Waals surface area contributed by atoms with E-state index in [1.807, 2.05) is 13.8 Å². The summed E-state index contributed by atoms with van der Waals surface area (Å²) in [5.74, 6) is -0.316. The van der Waals surface area contributed by atoms with Gasteiger partial charge < -0.3 is 4.90 Å². The van der Waals surface area contributed by atoms with Crippen molar-refractivity contribution in [3.05, 3.63) is 30.1 Å². The topological polar surface area (TPSA) is 44.4 Å². The largest absolute Gasteiger partial charge is 0.312 e. The highest BCUT2D eigenvalue weighted by Crippen LogP contribution is 2.19. The number of halogens is 1. The van der Waals surface area contributed by atoms with Crippen LogP contribution in [0.15, 0.2) is 24.3 Å². The first-order chi connectivity index (χ1) is 8.63. The van der Waals surface area contributed by atoms with Gasteiger partial charge in [-0.25, -0.2) is 4.39 Å². The van der Waals surface area contributed by atoms with E-state index in [0.29, 0.717) is 13.1 Å². The van der Waals surface area contributed by atoms with E-state index < -0.39 is 0 Å². The minimum Gasteiger partial charge on any atom is -0.312 e. The Balaban J connectivity index is 2.17. The molecule has 5 heteroatoms. The number of nitrogens with zero attached hydrogens (tertiary/aromatic N) is 1. The Morgan fingerprint density at radius 2 is 2.11 bits per heavy atom. The molecule has 98 valence electrons. The van der Waals surface area contributed by atoms with Crippen LogP contribution >= 0.6 is 0 Å². The Labute approximate surface area is 106 Å². The molecule has 18 heavy (non-hydrogen) atoms. The van der Waals surface area contributed by atoms with E-state index in [0.717, 1.165) is 5.69 Å². The van der Waals surface area contributed by atoms with Gasteiger partial charge in [-0.15, -0.1) is 0 Å². The normalized spacial score (nSPS) is 23.1. The van der Waals surface area contributed by atoms with Gasteiger partial charge in [-0.05, 0) is 38.1 Å². The number of carbonyl (C=O) groups excluding carboxylic acids is 1. The van der Waals surface area contributed by atoms with E-state index in [1.54, 1.807) is 17.0 Å². The molecule has 1 saturated heterocycles. The number of anilines is 1. The minimum atomic E-state index is -0.292. The summed E-state index contributed by atoms with van der Waals surface area (Å²) in [6.07, 6.45) is 0. The van der Waals surface area contributed by atoms with Gasteiger partial charge in [-0.3, -0.25) is 15.6 Å². The van der Waals surface area contributed by atoms with E-state index in [1.165, 1.54) is 12.1 Å². The van der Waals surface area contributed by atoms with E-state index in [-0.39, 0.29) is 23.7 Å². The maximum absolute atomic E-state index is 12.9. The second kappa shape index (κ2) is 5.46. The minimum absolute atomic E-state index is 0.0640. The molecule has 0 bridgehead atoms. The molecule has 2 N–H and O–H groups in total. The van der Waals surface area contributed by atoms with E-state index in [4.69, 9.17) is 0 Å². The molecule has 1 fully saturated rings. The van der Waals surface area contributed by atoms with Crippen molar-refractivity contribution >= 4 is 11.6 Å². The highest BCUT2D eigenvalue weighted by Gasteiger charge is 2.32. The van der Waals surface area contributed by atoms with Crippen molar-refractivity contribution in [3.8, 4) is 0 Å². The second-order valence-corrected chi connectivity index (χ2v) is 4.48. The smallest absolute Gasteiger partial charge is 0.233 e. The average molecular weight is 251 g/mol. The van der Waals surface area contributed by atoms with Gasteiger partial charge in [-0.2, -0.15) is 0 Å².